The fourth-order valence-corrected chi connectivity index (χ4v) is 2.55. The van der Waals surface area contributed by atoms with Gasteiger partial charge in [-0.15, -0.1) is 0 Å². The first-order valence-electron chi connectivity index (χ1n) is 8.88. The van der Waals surface area contributed by atoms with E-state index in [-0.39, 0.29) is 11.0 Å². The molecule has 0 heterocycles. The van der Waals surface area contributed by atoms with Crippen molar-refractivity contribution in [3.8, 4) is 5.75 Å². The molecule has 148 valence electrons. The van der Waals surface area contributed by atoms with Gasteiger partial charge in [-0.1, -0.05) is 44.5 Å². The van der Waals surface area contributed by atoms with Crippen molar-refractivity contribution in [3.63, 3.8) is 0 Å². The second kappa shape index (κ2) is 8.69. The molecule has 2 aromatic rings. The van der Waals surface area contributed by atoms with Gasteiger partial charge < -0.3 is 9.47 Å². The lowest BCUT2D eigenvalue weighted by Gasteiger charge is -2.19. The Kier molecular flexibility index (Phi) is 6.57. The van der Waals surface area contributed by atoms with Crippen LogP contribution < -0.4 is 10.1 Å². The van der Waals surface area contributed by atoms with E-state index in [1.54, 1.807) is 30.3 Å². The molecule has 0 aliphatic heterocycles. The highest BCUT2D eigenvalue weighted by atomic mass is 16.5. The minimum atomic E-state index is -0.704. The van der Waals surface area contributed by atoms with Crippen molar-refractivity contribution >= 4 is 17.8 Å². The number of hydrogen-bond acceptors (Lipinski definition) is 5. The summed E-state index contributed by atoms with van der Waals surface area (Å²) in [7, 11) is 1.44. The van der Waals surface area contributed by atoms with Crippen LogP contribution in [0.1, 0.15) is 52.6 Å². The van der Waals surface area contributed by atoms with Gasteiger partial charge in [-0.2, -0.15) is 0 Å². The maximum atomic E-state index is 12.2. The predicted octanol–water partition coefficient (Wildman–Crippen LogP) is 3.41. The van der Waals surface area contributed by atoms with Gasteiger partial charge in [0.05, 0.1) is 7.11 Å². The number of carbonyl (C=O) groups excluding carboxylic acids is 3. The monoisotopic (exact) mass is 383 g/mol. The number of aryl methyl sites for hydroxylation is 1. The van der Waals surface area contributed by atoms with Crippen LogP contribution >= 0.6 is 0 Å². The third-order valence-electron chi connectivity index (χ3n) is 4.18. The topological polar surface area (TPSA) is 81.7 Å². The van der Waals surface area contributed by atoms with E-state index in [0.29, 0.717) is 11.3 Å². The number of carbonyl (C=O) groups is 3. The van der Waals surface area contributed by atoms with Crippen molar-refractivity contribution in [2.75, 3.05) is 13.7 Å². The molecule has 6 heteroatoms. The summed E-state index contributed by atoms with van der Waals surface area (Å²) in [6.07, 6.45) is 0. The molecule has 0 saturated carbocycles. The Bertz CT molecular complexity index is 879. The normalized spacial score (nSPS) is 10.9. The molecule has 6 nitrogen and oxygen atoms in total. The second-order valence-electron chi connectivity index (χ2n) is 7.48. The predicted molar refractivity (Wildman–Crippen MR) is 106 cm³/mol. The smallest absolute Gasteiger partial charge is 0.342 e. The summed E-state index contributed by atoms with van der Waals surface area (Å²) < 4.78 is 10.1. The summed E-state index contributed by atoms with van der Waals surface area (Å²) in [5.41, 5.74) is 2.48. The fourth-order valence-electron chi connectivity index (χ4n) is 2.55. The molecule has 0 aliphatic rings. The number of methoxy groups -OCH3 is 1. The first-order chi connectivity index (χ1) is 13.1. The fraction of sp³-hybridized carbons (Fsp3) is 0.318. The summed E-state index contributed by atoms with van der Waals surface area (Å²) in [5.74, 6) is -1.59. The zero-order valence-electron chi connectivity index (χ0n) is 16.8. The first-order valence-corrected chi connectivity index (χ1v) is 8.88. The van der Waals surface area contributed by atoms with Crippen molar-refractivity contribution in [1.82, 2.24) is 5.32 Å². The Hall–Kier alpha value is -3.15. The van der Waals surface area contributed by atoms with Crippen LogP contribution in [0.4, 0.5) is 0 Å². The Balaban J connectivity index is 1.94. The largest absolute Gasteiger partial charge is 0.496 e. The van der Waals surface area contributed by atoms with Crippen molar-refractivity contribution in [3.05, 3.63) is 64.7 Å². The Labute approximate surface area is 164 Å². The molecule has 28 heavy (non-hydrogen) atoms. The SMILES string of the molecule is COc1ccc(C)cc1C(=O)OCC(=O)NC(=O)c1ccc(C(C)(C)C)cc1. The first kappa shape index (κ1) is 21.2. The van der Waals surface area contributed by atoms with Gasteiger partial charge in [0.2, 0.25) is 0 Å². The molecule has 1 N–H and O–H groups in total. The molecular weight excluding hydrogens is 358 g/mol. The van der Waals surface area contributed by atoms with E-state index in [4.69, 9.17) is 9.47 Å². The van der Waals surface area contributed by atoms with Gasteiger partial charge in [0, 0.05) is 5.56 Å². The highest BCUT2D eigenvalue weighted by molar-refractivity contribution is 6.05. The van der Waals surface area contributed by atoms with E-state index in [9.17, 15) is 14.4 Å². The van der Waals surface area contributed by atoms with Crippen LogP contribution in [0.5, 0.6) is 5.75 Å². The number of amides is 2. The molecule has 0 saturated heterocycles. The van der Waals surface area contributed by atoms with E-state index in [2.05, 4.69) is 26.1 Å². The summed E-state index contributed by atoms with van der Waals surface area (Å²) in [4.78, 5) is 36.4. The standard InChI is InChI=1S/C22H25NO5/c1-14-6-11-18(27-5)17(12-14)21(26)28-13-19(24)23-20(25)15-7-9-16(10-8-15)22(2,3)4/h6-12H,13H2,1-5H3,(H,23,24,25). The minimum Gasteiger partial charge on any atom is -0.496 e. The van der Waals surface area contributed by atoms with E-state index in [0.717, 1.165) is 11.1 Å². The summed E-state index contributed by atoms with van der Waals surface area (Å²) in [5, 5.41) is 2.21. The molecule has 0 aromatic heterocycles. The molecule has 0 atom stereocenters. The maximum absolute atomic E-state index is 12.2. The van der Waals surface area contributed by atoms with E-state index < -0.39 is 24.4 Å². The average molecular weight is 383 g/mol. The molecule has 0 fully saturated rings. The van der Waals surface area contributed by atoms with Gasteiger partial charge in [0.1, 0.15) is 11.3 Å². The highest BCUT2D eigenvalue weighted by Crippen LogP contribution is 2.22. The summed E-state index contributed by atoms with van der Waals surface area (Å²) in [6, 6.07) is 12.1. The van der Waals surface area contributed by atoms with Crippen molar-refractivity contribution < 1.29 is 23.9 Å². The Morgan fingerprint density at radius 2 is 1.64 bits per heavy atom. The molecule has 2 amide bonds. The van der Waals surface area contributed by atoms with Gasteiger partial charge in [0.15, 0.2) is 6.61 Å². The lowest BCUT2D eigenvalue weighted by Crippen LogP contribution is -2.34. The summed E-state index contributed by atoms with van der Waals surface area (Å²) >= 11 is 0. The van der Waals surface area contributed by atoms with Gasteiger partial charge in [-0.3, -0.25) is 14.9 Å². The van der Waals surface area contributed by atoms with Crippen molar-refractivity contribution in [1.29, 1.82) is 0 Å². The number of imide groups is 1. The third-order valence-corrected chi connectivity index (χ3v) is 4.18. The number of esters is 1. The van der Waals surface area contributed by atoms with Crippen molar-refractivity contribution in [2.24, 2.45) is 0 Å². The molecule has 0 radical (unpaired) electrons. The molecule has 0 spiro atoms. The van der Waals surface area contributed by atoms with E-state index >= 15 is 0 Å². The Morgan fingerprint density at radius 3 is 2.21 bits per heavy atom. The quantitative estimate of drug-likeness (QED) is 0.800. The van der Waals surface area contributed by atoms with Gasteiger partial charge in [-0.25, -0.2) is 4.79 Å². The number of hydrogen-bond donors (Lipinski definition) is 1. The number of benzene rings is 2. The van der Waals surface area contributed by atoms with Crippen LogP contribution in [0.3, 0.4) is 0 Å². The van der Waals surface area contributed by atoms with Crippen LogP contribution in [0, 0.1) is 6.92 Å². The van der Waals surface area contributed by atoms with E-state index in [1.165, 1.54) is 7.11 Å². The zero-order valence-corrected chi connectivity index (χ0v) is 16.8. The molecule has 0 bridgehead atoms. The number of rotatable bonds is 5. The third kappa shape index (κ3) is 5.42. The number of nitrogens with one attached hydrogen (secondary N) is 1. The lowest BCUT2D eigenvalue weighted by molar-refractivity contribution is -0.123. The van der Waals surface area contributed by atoms with Crippen molar-refractivity contribution in [2.45, 2.75) is 33.1 Å². The van der Waals surface area contributed by atoms with Gasteiger partial charge in [-0.05, 0) is 42.2 Å². The molecule has 2 rings (SSSR count). The zero-order chi connectivity index (χ0) is 20.9. The molecule has 0 unspecified atom stereocenters. The second-order valence-corrected chi connectivity index (χ2v) is 7.48. The number of ether oxygens (including phenoxy) is 2. The highest BCUT2D eigenvalue weighted by Gasteiger charge is 2.18. The van der Waals surface area contributed by atoms with Gasteiger partial charge in [0.25, 0.3) is 11.8 Å². The van der Waals surface area contributed by atoms with E-state index in [1.807, 2.05) is 19.1 Å². The molecule has 2 aromatic carbocycles. The van der Waals surface area contributed by atoms with Crippen LogP contribution in [-0.2, 0) is 14.9 Å². The Morgan fingerprint density at radius 1 is 1.00 bits per heavy atom. The lowest BCUT2D eigenvalue weighted by atomic mass is 9.87. The van der Waals surface area contributed by atoms with Crippen LogP contribution in [0.15, 0.2) is 42.5 Å². The summed E-state index contributed by atoms with van der Waals surface area (Å²) in [6.45, 7) is 7.48. The molecular formula is C22H25NO5. The minimum absolute atomic E-state index is 0.0319. The molecule has 0 aliphatic carbocycles. The van der Waals surface area contributed by atoms with Gasteiger partial charge >= 0.3 is 5.97 Å². The van der Waals surface area contributed by atoms with Crippen LogP contribution in [-0.4, -0.2) is 31.5 Å². The average Bonchev–Trinajstić information content (AvgIpc) is 2.65. The van der Waals surface area contributed by atoms with Crippen LogP contribution in [0.2, 0.25) is 0 Å². The van der Waals surface area contributed by atoms with Crippen LogP contribution in [0.25, 0.3) is 0 Å². The maximum Gasteiger partial charge on any atom is 0.342 e.